The van der Waals surface area contributed by atoms with Gasteiger partial charge in [-0.15, -0.1) is 0 Å². The van der Waals surface area contributed by atoms with Gasteiger partial charge in [0.05, 0.1) is 0 Å². The van der Waals surface area contributed by atoms with Gasteiger partial charge in [-0.3, -0.25) is 9.78 Å². The Labute approximate surface area is 174 Å². The zero-order chi connectivity index (χ0) is 20.2. The molecule has 0 saturated carbocycles. The molecule has 152 valence electrons. The van der Waals surface area contributed by atoms with Gasteiger partial charge in [0.25, 0.3) is 0 Å². The Balaban J connectivity index is 0.00000171. The molecule has 5 heteroatoms. The van der Waals surface area contributed by atoms with Gasteiger partial charge in [-0.05, 0) is 56.1 Å². The maximum atomic E-state index is 13.3. The molecule has 3 heterocycles. The normalized spacial score (nSPS) is 14.5. The van der Waals surface area contributed by atoms with Gasteiger partial charge in [-0.2, -0.15) is 0 Å². The molecule has 4 rings (SSSR count). The topological polar surface area (TPSA) is 58.1 Å². The van der Waals surface area contributed by atoms with Crippen molar-refractivity contribution in [1.29, 1.82) is 0 Å². The van der Waals surface area contributed by atoms with E-state index in [-0.39, 0.29) is 8.64 Å². The Morgan fingerprint density at radius 2 is 1.93 bits per heavy atom. The summed E-state index contributed by atoms with van der Waals surface area (Å²) in [5, 5.41) is 3.40. The molecular weight excluding hydrogens is 360 g/mol. The Hall–Kier alpha value is -3.05. The first-order valence-corrected chi connectivity index (χ1v) is 10.1. The van der Waals surface area contributed by atoms with Gasteiger partial charge in [0.1, 0.15) is 11.5 Å². The lowest BCUT2D eigenvalue weighted by atomic mass is 9.98. The van der Waals surface area contributed by atoms with E-state index in [1.54, 1.807) is 6.07 Å². The van der Waals surface area contributed by atoms with Crippen LogP contribution in [0, 0.1) is 13.8 Å². The van der Waals surface area contributed by atoms with E-state index in [0.717, 1.165) is 60.8 Å². The molecule has 5 nitrogen and oxygen atoms in total. The SMILES string of the molecule is Cc1ccccc1-c1cnc(C)c(C(=O)c2cccc(N3CCCNCC3)n2)c1.[HH].[HH]. The second kappa shape index (κ2) is 8.53. The fourth-order valence-electron chi connectivity index (χ4n) is 3.75. The molecule has 1 N–H and O–H groups in total. The van der Waals surface area contributed by atoms with E-state index in [4.69, 9.17) is 4.98 Å². The van der Waals surface area contributed by atoms with Crippen LogP contribution in [0.4, 0.5) is 5.82 Å². The zero-order valence-corrected chi connectivity index (χ0v) is 17.0. The summed E-state index contributed by atoms with van der Waals surface area (Å²) in [6.45, 7) is 7.74. The van der Waals surface area contributed by atoms with Crippen LogP contribution in [0.5, 0.6) is 0 Å². The molecule has 0 aliphatic carbocycles. The second-order valence-electron chi connectivity index (χ2n) is 7.47. The van der Waals surface area contributed by atoms with E-state index in [1.807, 2.05) is 43.5 Å². The number of hydrogen-bond acceptors (Lipinski definition) is 5. The summed E-state index contributed by atoms with van der Waals surface area (Å²) in [5.74, 6) is 0.778. The van der Waals surface area contributed by atoms with E-state index in [1.165, 1.54) is 0 Å². The molecule has 1 saturated heterocycles. The molecule has 1 fully saturated rings. The minimum atomic E-state index is -0.0831. The summed E-state index contributed by atoms with van der Waals surface area (Å²) in [7, 11) is 0. The molecule has 0 radical (unpaired) electrons. The van der Waals surface area contributed by atoms with Gasteiger partial charge in [0.15, 0.2) is 0 Å². The van der Waals surface area contributed by atoms with Crippen LogP contribution >= 0.6 is 0 Å². The third-order valence-corrected chi connectivity index (χ3v) is 5.42. The number of rotatable bonds is 4. The van der Waals surface area contributed by atoms with E-state index in [0.29, 0.717) is 11.3 Å². The molecule has 0 bridgehead atoms. The average molecular weight is 391 g/mol. The number of aromatic nitrogens is 2. The van der Waals surface area contributed by atoms with Crippen molar-refractivity contribution in [3.63, 3.8) is 0 Å². The molecule has 29 heavy (non-hydrogen) atoms. The van der Waals surface area contributed by atoms with Gasteiger partial charge in [0.2, 0.25) is 5.78 Å². The Morgan fingerprint density at radius 1 is 1.07 bits per heavy atom. The van der Waals surface area contributed by atoms with E-state index >= 15 is 0 Å². The smallest absolute Gasteiger partial charge is 0.213 e. The minimum absolute atomic E-state index is 0. The highest BCUT2D eigenvalue weighted by atomic mass is 16.1. The maximum Gasteiger partial charge on any atom is 0.213 e. The van der Waals surface area contributed by atoms with Gasteiger partial charge in [0, 0.05) is 45.5 Å². The number of aryl methyl sites for hydroxylation is 2. The van der Waals surface area contributed by atoms with Crippen LogP contribution < -0.4 is 10.2 Å². The van der Waals surface area contributed by atoms with Crippen LogP contribution in [-0.2, 0) is 0 Å². The number of benzene rings is 1. The van der Waals surface area contributed by atoms with E-state index in [9.17, 15) is 4.79 Å². The molecular formula is C24H30N4O. The summed E-state index contributed by atoms with van der Waals surface area (Å²) in [5.41, 5.74) is 4.99. The number of nitrogens with zero attached hydrogens (tertiary/aromatic N) is 3. The number of nitrogens with one attached hydrogen (secondary N) is 1. The summed E-state index contributed by atoms with van der Waals surface area (Å²) in [4.78, 5) is 24.7. The monoisotopic (exact) mass is 390 g/mol. The molecule has 0 atom stereocenters. The summed E-state index contributed by atoms with van der Waals surface area (Å²) in [6.07, 6.45) is 2.91. The van der Waals surface area contributed by atoms with Crippen molar-refractivity contribution in [2.45, 2.75) is 20.3 Å². The van der Waals surface area contributed by atoms with Crippen molar-refractivity contribution in [2.75, 3.05) is 31.1 Å². The van der Waals surface area contributed by atoms with Crippen molar-refractivity contribution in [3.05, 3.63) is 77.2 Å². The molecule has 1 aliphatic rings. The van der Waals surface area contributed by atoms with Crippen LogP contribution in [0.2, 0.25) is 0 Å². The largest absolute Gasteiger partial charge is 0.355 e. The number of hydrogen-bond donors (Lipinski definition) is 1. The number of carbonyl (C=O) groups excluding carboxylic acids is 1. The first-order valence-electron chi connectivity index (χ1n) is 10.1. The van der Waals surface area contributed by atoms with Gasteiger partial charge < -0.3 is 10.2 Å². The lowest BCUT2D eigenvalue weighted by molar-refractivity contribution is 0.103. The minimum Gasteiger partial charge on any atom is -0.355 e. The van der Waals surface area contributed by atoms with E-state index in [2.05, 4.69) is 34.3 Å². The maximum absolute atomic E-state index is 13.3. The number of carbonyl (C=O) groups is 1. The first kappa shape index (κ1) is 19.3. The molecule has 2 aromatic heterocycles. The Morgan fingerprint density at radius 3 is 2.79 bits per heavy atom. The number of anilines is 1. The predicted molar refractivity (Wildman–Crippen MR) is 121 cm³/mol. The third kappa shape index (κ3) is 4.20. The van der Waals surface area contributed by atoms with Crippen LogP contribution in [0.25, 0.3) is 11.1 Å². The lowest BCUT2D eigenvalue weighted by Gasteiger charge is -2.21. The molecule has 0 amide bonds. The first-order chi connectivity index (χ1) is 14.1. The van der Waals surface area contributed by atoms with Crippen LogP contribution in [-0.4, -0.2) is 41.9 Å². The second-order valence-corrected chi connectivity index (χ2v) is 7.47. The lowest BCUT2D eigenvalue weighted by Crippen LogP contribution is -2.29. The predicted octanol–water partition coefficient (Wildman–Crippen LogP) is 4.28. The van der Waals surface area contributed by atoms with Gasteiger partial charge >= 0.3 is 0 Å². The standard InChI is InChI=1S/C24H26N4O.2H2/c1-17-7-3-4-8-20(17)19-15-21(18(2)26-16-19)24(29)22-9-5-10-23(27-22)28-13-6-11-25-12-14-28;;/h3-5,7-10,15-16,25H,6,11-14H2,1-2H3;2*1H. The summed E-state index contributed by atoms with van der Waals surface area (Å²) < 4.78 is 0. The fourth-order valence-corrected chi connectivity index (χ4v) is 3.75. The summed E-state index contributed by atoms with van der Waals surface area (Å²) in [6, 6.07) is 15.8. The van der Waals surface area contributed by atoms with Gasteiger partial charge in [-0.1, -0.05) is 30.3 Å². The van der Waals surface area contributed by atoms with Crippen LogP contribution in [0.1, 0.15) is 36.6 Å². The van der Waals surface area contributed by atoms with Crippen LogP contribution in [0.15, 0.2) is 54.7 Å². The third-order valence-electron chi connectivity index (χ3n) is 5.42. The molecule has 1 aromatic carbocycles. The molecule has 3 aromatic rings. The van der Waals surface area contributed by atoms with Gasteiger partial charge in [-0.25, -0.2) is 4.98 Å². The van der Waals surface area contributed by atoms with Crippen molar-refractivity contribution < 1.29 is 7.65 Å². The summed E-state index contributed by atoms with van der Waals surface area (Å²) >= 11 is 0. The Bertz CT molecular complexity index is 1030. The van der Waals surface area contributed by atoms with Crippen LogP contribution in [0.3, 0.4) is 0 Å². The average Bonchev–Trinajstić information content (AvgIpc) is 3.04. The highest BCUT2D eigenvalue weighted by Crippen LogP contribution is 2.25. The van der Waals surface area contributed by atoms with Crippen molar-refractivity contribution in [2.24, 2.45) is 0 Å². The fraction of sp³-hybridized carbons (Fsp3) is 0.292. The molecule has 0 unspecified atom stereocenters. The Kier molecular flexibility index (Phi) is 5.67. The zero-order valence-electron chi connectivity index (χ0n) is 17.0. The highest BCUT2D eigenvalue weighted by molar-refractivity contribution is 6.09. The highest BCUT2D eigenvalue weighted by Gasteiger charge is 2.18. The molecule has 0 spiro atoms. The number of pyridine rings is 2. The quantitative estimate of drug-likeness (QED) is 0.674. The molecule has 1 aliphatic heterocycles. The van der Waals surface area contributed by atoms with Crippen molar-refractivity contribution in [1.82, 2.24) is 15.3 Å². The van der Waals surface area contributed by atoms with E-state index < -0.39 is 0 Å². The van der Waals surface area contributed by atoms with Crippen molar-refractivity contribution in [3.8, 4) is 11.1 Å². The number of ketones is 1. The van der Waals surface area contributed by atoms with Crippen molar-refractivity contribution >= 4 is 11.6 Å².